The number of hydrogen-bond donors (Lipinski definition) is 2. The van der Waals surface area contributed by atoms with Crippen molar-refractivity contribution < 1.29 is 9.59 Å². The van der Waals surface area contributed by atoms with Crippen LogP contribution in [-0.4, -0.2) is 36.2 Å². The van der Waals surface area contributed by atoms with E-state index in [0.29, 0.717) is 6.54 Å². The Labute approximate surface area is 124 Å². The Morgan fingerprint density at radius 3 is 2.00 bits per heavy atom. The number of carbonyl (C=O) groups excluding carboxylic acids is 2. The summed E-state index contributed by atoms with van der Waals surface area (Å²) >= 11 is 0. The second-order valence-electron chi connectivity index (χ2n) is 6.44. The van der Waals surface area contributed by atoms with E-state index in [1.54, 1.807) is 0 Å². The van der Waals surface area contributed by atoms with Gasteiger partial charge in [0.15, 0.2) is 5.78 Å². The summed E-state index contributed by atoms with van der Waals surface area (Å²) in [5.74, 6) is 0.457. The zero-order chi connectivity index (χ0) is 15.9. The predicted octanol–water partition coefficient (Wildman–Crippen LogP) is 2.17. The Kier molecular flexibility index (Phi) is 8.21. The summed E-state index contributed by atoms with van der Waals surface area (Å²) in [5, 5.41) is 6.35. The summed E-state index contributed by atoms with van der Waals surface area (Å²) in [6, 6.07) is 0.275. The van der Waals surface area contributed by atoms with Crippen LogP contribution in [-0.2, 0) is 9.59 Å². The Morgan fingerprint density at radius 2 is 1.60 bits per heavy atom. The van der Waals surface area contributed by atoms with Gasteiger partial charge in [0.2, 0.25) is 0 Å². The molecule has 2 N–H and O–H groups in total. The first-order valence-electron chi connectivity index (χ1n) is 7.69. The quantitative estimate of drug-likeness (QED) is 0.645. The van der Waals surface area contributed by atoms with Crippen LogP contribution in [0, 0.1) is 11.8 Å². The van der Waals surface area contributed by atoms with Crippen LogP contribution in [0.5, 0.6) is 0 Å². The molecule has 0 aliphatic carbocycles. The van der Waals surface area contributed by atoms with Crippen LogP contribution in [0.1, 0.15) is 54.9 Å². The summed E-state index contributed by atoms with van der Waals surface area (Å²) in [6.45, 7) is 14.5. The van der Waals surface area contributed by atoms with Crippen molar-refractivity contribution in [1.82, 2.24) is 10.6 Å². The van der Waals surface area contributed by atoms with E-state index in [1.165, 1.54) is 0 Å². The van der Waals surface area contributed by atoms with Crippen LogP contribution in [0.15, 0.2) is 0 Å². The van der Waals surface area contributed by atoms with Gasteiger partial charge in [-0.15, -0.1) is 0 Å². The first-order valence-corrected chi connectivity index (χ1v) is 7.69. The van der Waals surface area contributed by atoms with Crippen LogP contribution in [0.3, 0.4) is 0 Å². The predicted molar refractivity (Wildman–Crippen MR) is 83.9 cm³/mol. The Bertz CT molecular complexity index is 326. The first kappa shape index (κ1) is 19.3. The minimum absolute atomic E-state index is 0.0443. The van der Waals surface area contributed by atoms with E-state index in [-0.39, 0.29) is 36.0 Å². The molecule has 0 saturated carbocycles. The van der Waals surface area contributed by atoms with E-state index in [9.17, 15) is 9.59 Å². The number of nitrogens with one attached hydrogen (secondary N) is 2. The van der Waals surface area contributed by atoms with Gasteiger partial charge in [-0.25, -0.2) is 0 Å². The van der Waals surface area contributed by atoms with Crippen LogP contribution in [0.25, 0.3) is 0 Å². The number of Topliss-reactive ketones (excluding diaryl/α,β-unsaturated/α-hetero) is 2. The average molecular weight is 284 g/mol. The molecule has 0 rings (SSSR count). The number of hydrogen-bond acceptors (Lipinski definition) is 4. The third kappa shape index (κ3) is 5.71. The van der Waals surface area contributed by atoms with Crippen molar-refractivity contribution in [3.8, 4) is 0 Å². The highest BCUT2D eigenvalue weighted by Gasteiger charge is 2.36. The summed E-state index contributed by atoms with van der Waals surface area (Å²) in [6.07, 6.45) is 0.835. The molecule has 0 aliphatic heterocycles. The lowest BCUT2D eigenvalue weighted by molar-refractivity contribution is -0.127. The minimum atomic E-state index is -0.662. The van der Waals surface area contributed by atoms with Gasteiger partial charge in [-0.2, -0.15) is 0 Å². The molecule has 4 nitrogen and oxygen atoms in total. The van der Waals surface area contributed by atoms with Crippen molar-refractivity contribution in [2.75, 3.05) is 13.1 Å². The van der Waals surface area contributed by atoms with Crippen molar-refractivity contribution in [1.29, 1.82) is 0 Å². The summed E-state index contributed by atoms with van der Waals surface area (Å²) in [4.78, 5) is 24.4. The SMILES string of the molecule is CCC(C)C(=O)CNC(C)(C(=O)CNC(C)C)C(C)C. The normalized spacial score (nSPS) is 16.2. The Hall–Kier alpha value is -0.740. The second-order valence-corrected chi connectivity index (χ2v) is 6.44. The Balaban J connectivity index is 4.68. The van der Waals surface area contributed by atoms with Crippen LogP contribution >= 0.6 is 0 Å². The molecular weight excluding hydrogens is 252 g/mol. The molecule has 0 bridgehead atoms. The molecule has 0 fully saturated rings. The van der Waals surface area contributed by atoms with E-state index < -0.39 is 5.54 Å². The number of carbonyl (C=O) groups is 2. The lowest BCUT2D eigenvalue weighted by Gasteiger charge is -2.34. The largest absolute Gasteiger partial charge is 0.308 e. The van der Waals surface area contributed by atoms with Gasteiger partial charge in [-0.3, -0.25) is 14.9 Å². The molecule has 0 radical (unpaired) electrons. The molecule has 0 aromatic heterocycles. The van der Waals surface area contributed by atoms with E-state index in [0.717, 1.165) is 6.42 Å². The number of ketones is 2. The van der Waals surface area contributed by atoms with E-state index in [4.69, 9.17) is 0 Å². The van der Waals surface area contributed by atoms with Crippen molar-refractivity contribution in [3.63, 3.8) is 0 Å². The van der Waals surface area contributed by atoms with Gasteiger partial charge < -0.3 is 5.32 Å². The second kappa shape index (κ2) is 8.53. The summed E-state index contributed by atoms with van der Waals surface area (Å²) < 4.78 is 0. The molecule has 0 aliphatic rings. The number of rotatable bonds is 10. The van der Waals surface area contributed by atoms with Crippen molar-refractivity contribution in [3.05, 3.63) is 0 Å². The molecule has 0 aromatic carbocycles. The molecule has 118 valence electrons. The maximum atomic E-state index is 12.4. The molecule has 2 atom stereocenters. The molecule has 0 saturated heterocycles. The smallest absolute Gasteiger partial charge is 0.166 e. The topological polar surface area (TPSA) is 58.2 Å². The average Bonchev–Trinajstić information content (AvgIpc) is 2.40. The van der Waals surface area contributed by atoms with Gasteiger partial charge in [-0.1, -0.05) is 41.5 Å². The fourth-order valence-electron chi connectivity index (χ4n) is 1.78. The highest BCUT2D eigenvalue weighted by atomic mass is 16.1. The minimum Gasteiger partial charge on any atom is -0.308 e. The third-order valence-electron chi connectivity index (χ3n) is 4.20. The molecule has 0 heterocycles. The standard InChI is InChI=1S/C16H32N2O2/c1-8-13(6)14(19)9-18-16(7,11(2)3)15(20)10-17-12(4)5/h11-13,17-18H,8-10H2,1-7H3. The van der Waals surface area contributed by atoms with E-state index >= 15 is 0 Å². The maximum absolute atomic E-state index is 12.4. The Morgan fingerprint density at radius 1 is 1.05 bits per heavy atom. The first-order chi connectivity index (χ1) is 9.15. The van der Waals surface area contributed by atoms with Crippen LogP contribution in [0.2, 0.25) is 0 Å². The maximum Gasteiger partial charge on any atom is 0.166 e. The highest BCUT2D eigenvalue weighted by molar-refractivity contribution is 5.91. The van der Waals surface area contributed by atoms with Gasteiger partial charge in [-0.05, 0) is 19.3 Å². The molecule has 4 heteroatoms. The van der Waals surface area contributed by atoms with Gasteiger partial charge in [0.1, 0.15) is 5.78 Å². The molecule has 20 heavy (non-hydrogen) atoms. The molecule has 2 unspecified atom stereocenters. The fourth-order valence-corrected chi connectivity index (χ4v) is 1.78. The molecule has 0 spiro atoms. The molecular formula is C16H32N2O2. The van der Waals surface area contributed by atoms with Gasteiger partial charge in [0.05, 0.1) is 18.6 Å². The molecule has 0 aromatic rings. The van der Waals surface area contributed by atoms with Gasteiger partial charge in [0.25, 0.3) is 0 Å². The van der Waals surface area contributed by atoms with E-state index in [1.807, 2.05) is 48.5 Å². The highest BCUT2D eigenvalue weighted by Crippen LogP contribution is 2.18. The molecule has 0 amide bonds. The zero-order valence-electron chi connectivity index (χ0n) is 14.2. The van der Waals surface area contributed by atoms with Crippen molar-refractivity contribution in [2.24, 2.45) is 11.8 Å². The van der Waals surface area contributed by atoms with Gasteiger partial charge >= 0.3 is 0 Å². The van der Waals surface area contributed by atoms with Gasteiger partial charge in [0, 0.05) is 12.0 Å². The summed E-state index contributed by atoms with van der Waals surface area (Å²) in [7, 11) is 0. The zero-order valence-corrected chi connectivity index (χ0v) is 14.2. The monoisotopic (exact) mass is 284 g/mol. The van der Waals surface area contributed by atoms with Crippen molar-refractivity contribution in [2.45, 2.75) is 66.5 Å². The summed E-state index contributed by atoms with van der Waals surface area (Å²) in [5.41, 5.74) is -0.662. The lowest BCUT2D eigenvalue weighted by Crippen LogP contribution is -2.58. The van der Waals surface area contributed by atoms with Crippen LogP contribution in [0.4, 0.5) is 0 Å². The fraction of sp³-hybridized carbons (Fsp3) is 0.875. The van der Waals surface area contributed by atoms with Crippen LogP contribution < -0.4 is 10.6 Å². The van der Waals surface area contributed by atoms with Crippen molar-refractivity contribution >= 4 is 11.6 Å². The third-order valence-corrected chi connectivity index (χ3v) is 4.20. The lowest BCUT2D eigenvalue weighted by atomic mass is 9.83. The van der Waals surface area contributed by atoms with E-state index in [2.05, 4.69) is 10.6 Å².